The molecular weight excluding hydrogens is 295 g/mol. The highest BCUT2D eigenvalue weighted by Crippen LogP contribution is 2.35. The fourth-order valence-corrected chi connectivity index (χ4v) is 2.84. The van der Waals surface area contributed by atoms with Crippen molar-refractivity contribution in [3.8, 4) is 0 Å². The summed E-state index contributed by atoms with van der Waals surface area (Å²) in [6, 6.07) is 1.02. The van der Waals surface area contributed by atoms with E-state index in [2.05, 4.69) is 10.3 Å². The van der Waals surface area contributed by atoms with Crippen LogP contribution in [0, 0.1) is 5.92 Å². The van der Waals surface area contributed by atoms with Gasteiger partial charge >= 0.3 is 12.2 Å². The predicted molar refractivity (Wildman–Crippen MR) is 76.0 cm³/mol. The molecule has 0 saturated heterocycles. The molecule has 1 aromatic heterocycles. The number of hydrogen-bond donors (Lipinski definition) is 1. The highest BCUT2D eigenvalue weighted by atomic mass is 19.4. The van der Waals surface area contributed by atoms with Gasteiger partial charge in [0.1, 0.15) is 6.04 Å². The summed E-state index contributed by atoms with van der Waals surface area (Å²) in [5.41, 5.74) is 0.768. The van der Waals surface area contributed by atoms with Gasteiger partial charge in [0.2, 0.25) is 0 Å². The van der Waals surface area contributed by atoms with E-state index in [9.17, 15) is 18.0 Å². The van der Waals surface area contributed by atoms with E-state index in [1.807, 2.05) is 0 Å². The normalized spacial score (nSPS) is 17.3. The number of nitrogens with zero attached hydrogens (tertiary/aromatic N) is 2. The summed E-state index contributed by atoms with van der Waals surface area (Å²) in [5.74, 6) is -0.518. The lowest BCUT2D eigenvalue weighted by Gasteiger charge is -2.29. The maximum absolute atomic E-state index is 13.2. The molecule has 0 aromatic carbocycles. The molecule has 7 heteroatoms. The molecule has 0 spiro atoms. The zero-order valence-corrected chi connectivity index (χ0v) is 12.4. The fraction of sp³-hybridized carbons (Fsp3) is 0.600. The van der Waals surface area contributed by atoms with Gasteiger partial charge in [0.05, 0.1) is 0 Å². The number of nitrogens with one attached hydrogen (secondary N) is 1. The molecule has 2 amide bonds. The standard InChI is InChI=1S/C15H20F3N3O/c1-21(10-11-5-4-8-19-9-11)14(22)20-13(15(16,17)18)12-6-2-3-7-12/h4-5,8-9,12-13H,2-3,6-7,10H2,1H3,(H,20,22)/t13-/m0/s1. The minimum Gasteiger partial charge on any atom is -0.326 e. The average Bonchev–Trinajstić information content (AvgIpc) is 2.98. The molecule has 0 unspecified atom stereocenters. The van der Waals surface area contributed by atoms with Crippen molar-refractivity contribution in [1.29, 1.82) is 0 Å². The van der Waals surface area contributed by atoms with Crippen LogP contribution in [0.4, 0.5) is 18.0 Å². The first-order chi connectivity index (χ1) is 10.4. The summed E-state index contributed by atoms with van der Waals surface area (Å²) in [6.07, 6.45) is 1.37. The first-order valence-electron chi connectivity index (χ1n) is 7.35. The Bertz CT molecular complexity index is 487. The highest BCUT2D eigenvalue weighted by Gasteiger charge is 2.46. The first-order valence-corrected chi connectivity index (χ1v) is 7.35. The maximum Gasteiger partial charge on any atom is 0.408 e. The molecule has 0 aliphatic heterocycles. The first kappa shape index (κ1) is 16.6. The van der Waals surface area contributed by atoms with E-state index in [1.54, 1.807) is 24.5 Å². The van der Waals surface area contributed by atoms with Crippen LogP contribution >= 0.6 is 0 Å². The monoisotopic (exact) mass is 315 g/mol. The second-order valence-electron chi connectivity index (χ2n) is 5.73. The average molecular weight is 315 g/mol. The molecule has 22 heavy (non-hydrogen) atoms. The van der Waals surface area contributed by atoms with Gasteiger partial charge in [0.25, 0.3) is 0 Å². The molecule has 4 nitrogen and oxygen atoms in total. The third kappa shape index (κ3) is 4.35. The van der Waals surface area contributed by atoms with Crippen molar-refractivity contribution in [2.45, 2.75) is 44.4 Å². The topological polar surface area (TPSA) is 45.2 Å². The summed E-state index contributed by atoms with van der Waals surface area (Å²) in [4.78, 5) is 17.2. The van der Waals surface area contributed by atoms with E-state index in [1.165, 1.54) is 11.9 Å². The van der Waals surface area contributed by atoms with Gasteiger partial charge in [-0.05, 0) is 30.4 Å². The molecule has 1 atom stereocenters. The van der Waals surface area contributed by atoms with Gasteiger partial charge in [-0.1, -0.05) is 18.9 Å². The van der Waals surface area contributed by atoms with Gasteiger partial charge in [-0.3, -0.25) is 4.98 Å². The Morgan fingerprint density at radius 1 is 1.45 bits per heavy atom. The molecule has 1 aromatic rings. The van der Waals surface area contributed by atoms with Crippen molar-refractivity contribution >= 4 is 6.03 Å². The lowest BCUT2D eigenvalue weighted by molar-refractivity contribution is -0.165. The van der Waals surface area contributed by atoms with Crippen LogP contribution in [0.2, 0.25) is 0 Å². The van der Waals surface area contributed by atoms with Gasteiger partial charge in [-0.15, -0.1) is 0 Å². The number of rotatable bonds is 4. The van der Waals surface area contributed by atoms with Crippen LogP contribution in [0.5, 0.6) is 0 Å². The molecule has 1 fully saturated rings. The summed E-state index contributed by atoms with van der Waals surface area (Å²) in [5, 5.41) is 2.16. The SMILES string of the molecule is CN(Cc1cccnc1)C(=O)N[C@@H](C1CCCC1)C(F)(F)F. The Hall–Kier alpha value is -1.79. The van der Waals surface area contributed by atoms with E-state index in [0.717, 1.165) is 18.4 Å². The zero-order valence-electron chi connectivity index (χ0n) is 12.4. The number of urea groups is 1. The summed E-state index contributed by atoms with van der Waals surface area (Å²) >= 11 is 0. The van der Waals surface area contributed by atoms with Crippen LogP contribution in [-0.2, 0) is 6.54 Å². The largest absolute Gasteiger partial charge is 0.408 e. The van der Waals surface area contributed by atoms with Crippen LogP contribution in [0.1, 0.15) is 31.2 Å². The molecule has 0 radical (unpaired) electrons. The zero-order chi connectivity index (χ0) is 16.2. The molecule has 1 heterocycles. The number of alkyl halides is 3. The number of carbonyl (C=O) groups excluding carboxylic acids is 1. The number of pyridine rings is 1. The Morgan fingerprint density at radius 2 is 2.14 bits per heavy atom. The Balaban J connectivity index is 1.98. The molecule has 1 saturated carbocycles. The van der Waals surface area contributed by atoms with Crippen LogP contribution in [0.15, 0.2) is 24.5 Å². The van der Waals surface area contributed by atoms with E-state index in [0.29, 0.717) is 12.8 Å². The molecular formula is C15H20F3N3O. The summed E-state index contributed by atoms with van der Waals surface area (Å²) in [7, 11) is 1.48. The van der Waals surface area contributed by atoms with Crippen molar-refractivity contribution in [3.63, 3.8) is 0 Å². The van der Waals surface area contributed by atoms with E-state index >= 15 is 0 Å². The predicted octanol–water partition coefficient (Wildman–Crippen LogP) is 3.34. The summed E-state index contributed by atoms with van der Waals surface area (Å²) < 4.78 is 39.5. The number of amides is 2. The number of halogens is 3. The lowest BCUT2D eigenvalue weighted by Crippen LogP contribution is -2.52. The third-order valence-corrected chi connectivity index (χ3v) is 3.99. The third-order valence-electron chi connectivity index (χ3n) is 3.99. The van der Waals surface area contributed by atoms with Crippen LogP contribution in [-0.4, -0.2) is 35.2 Å². The van der Waals surface area contributed by atoms with Gasteiger partial charge in [0.15, 0.2) is 0 Å². The number of carbonyl (C=O) groups is 1. The molecule has 2 rings (SSSR count). The summed E-state index contributed by atoms with van der Waals surface area (Å²) in [6.45, 7) is 0.217. The van der Waals surface area contributed by atoms with E-state index < -0.39 is 24.2 Å². The van der Waals surface area contributed by atoms with Crippen molar-refractivity contribution in [2.75, 3.05) is 7.05 Å². The lowest BCUT2D eigenvalue weighted by atomic mass is 9.98. The molecule has 0 bridgehead atoms. The molecule has 1 N–H and O–H groups in total. The smallest absolute Gasteiger partial charge is 0.326 e. The van der Waals surface area contributed by atoms with Crippen molar-refractivity contribution in [1.82, 2.24) is 15.2 Å². The van der Waals surface area contributed by atoms with Crippen molar-refractivity contribution in [3.05, 3.63) is 30.1 Å². The molecule has 1 aliphatic carbocycles. The van der Waals surface area contributed by atoms with Gasteiger partial charge in [-0.25, -0.2) is 4.79 Å². The maximum atomic E-state index is 13.2. The number of hydrogen-bond acceptors (Lipinski definition) is 2. The van der Waals surface area contributed by atoms with Crippen molar-refractivity contribution < 1.29 is 18.0 Å². The molecule has 122 valence electrons. The molecule has 1 aliphatic rings. The minimum atomic E-state index is -4.42. The Morgan fingerprint density at radius 3 is 2.68 bits per heavy atom. The highest BCUT2D eigenvalue weighted by molar-refractivity contribution is 5.74. The van der Waals surface area contributed by atoms with Crippen molar-refractivity contribution in [2.24, 2.45) is 5.92 Å². The second kappa shape index (κ2) is 6.98. The van der Waals surface area contributed by atoms with E-state index in [4.69, 9.17) is 0 Å². The quantitative estimate of drug-likeness (QED) is 0.926. The van der Waals surface area contributed by atoms with Crippen LogP contribution in [0.3, 0.4) is 0 Å². The fourth-order valence-electron chi connectivity index (χ4n) is 2.84. The van der Waals surface area contributed by atoms with Crippen LogP contribution < -0.4 is 5.32 Å². The van der Waals surface area contributed by atoms with Gasteiger partial charge in [0, 0.05) is 26.0 Å². The Kier molecular flexibility index (Phi) is 5.26. The minimum absolute atomic E-state index is 0.217. The number of aromatic nitrogens is 1. The van der Waals surface area contributed by atoms with Crippen LogP contribution in [0.25, 0.3) is 0 Å². The second-order valence-corrected chi connectivity index (χ2v) is 5.73. The Labute approximate surface area is 127 Å². The van der Waals surface area contributed by atoms with Gasteiger partial charge < -0.3 is 10.2 Å². The van der Waals surface area contributed by atoms with E-state index in [-0.39, 0.29) is 6.54 Å². The van der Waals surface area contributed by atoms with Gasteiger partial charge in [-0.2, -0.15) is 13.2 Å².